The molecule has 0 saturated carbocycles. The first kappa shape index (κ1) is 22.3. The van der Waals surface area contributed by atoms with E-state index in [1.807, 2.05) is 31.2 Å². The molecule has 7 heteroatoms. The summed E-state index contributed by atoms with van der Waals surface area (Å²) in [7, 11) is 1.50. The third-order valence-electron chi connectivity index (χ3n) is 3.94. The Morgan fingerprint density at radius 1 is 1.14 bits per heavy atom. The maximum atomic E-state index is 11.9. The molecule has 0 fully saturated rings. The van der Waals surface area contributed by atoms with E-state index >= 15 is 0 Å². The summed E-state index contributed by atoms with van der Waals surface area (Å²) in [5.41, 5.74) is 2.46. The van der Waals surface area contributed by atoms with Crippen LogP contribution in [0.4, 0.5) is 5.69 Å². The molecule has 0 unspecified atom stereocenters. The number of carbonyl (C=O) groups is 2. The zero-order valence-corrected chi connectivity index (χ0v) is 17.4. The molecule has 0 aliphatic rings. The number of rotatable bonds is 9. The first-order valence-electron chi connectivity index (χ1n) is 9.20. The number of aryl methyl sites for hydroxylation is 1. The molecular formula is C22H24ClNO5. The molecule has 6 nitrogen and oxygen atoms in total. The zero-order chi connectivity index (χ0) is 21.2. The van der Waals surface area contributed by atoms with Crippen LogP contribution in [0.15, 0.2) is 42.5 Å². The van der Waals surface area contributed by atoms with Crippen molar-refractivity contribution >= 4 is 35.2 Å². The Balaban J connectivity index is 1.91. The van der Waals surface area contributed by atoms with E-state index in [1.54, 1.807) is 12.1 Å². The van der Waals surface area contributed by atoms with Gasteiger partial charge in [0.2, 0.25) is 0 Å². The molecule has 2 rings (SSSR count). The number of carbonyl (C=O) groups excluding carboxylic acids is 2. The fraction of sp³-hybridized carbons (Fsp3) is 0.273. The summed E-state index contributed by atoms with van der Waals surface area (Å²) in [5, 5.41) is 3.04. The molecule has 154 valence electrons. The van der Waals surface area contributed by atoms with Crippen LogP contribution in [0.25, 0.3) is 6.08 Å². The van der Waals surface area contributed by atoms with Gasteiger partial charge in [0.25, 0.3) is 5.91 Å². The summed E-state index contributed by atoms with van der Waals surface area (Å²) < 4.78 is 15.7. The second-order valence-electron chi connectivity index (χ2n) is 6.01. The Morgan fingerprint density at radius 3 is 2.48 bits per heavy atom. The van der Waals surface area contributed by atoms with Crippen molar-refractivity contribution in [3.05, 3.63) is 58.6 Å². The van der Waals surface area contributed by atoms with Gasteiger partial charge in [0.1, 0.15) is 0 Å². The molecule has 29 heavy (non-hydrogen) atoms. The average molecular weight is 418 g/mol. The van der Waals surface area contributed by atoms with Gasteiger partial charge in [0.05, 0.1) is 18.7 Å². The van der Waals surface area contributed by atoms with Crippen LogP contribution in [0.1, 0.15) is 25.0 Å². The fourth-order valence-corrected chi connectivity index (χ4v) is 2.81. The normalized spacial score (nSPS) is 10.6. The van der Waals surface area contributed by atoms with Crippen LogP contribution in [0.5, 0.6) is 11.5 Å². The summed E-state index contributed by atoms with van der Waals surface area (Å²) in [4.78, 5) is 23.8. The monoisotopic (exact) mass is 417 g/mol. The molecule has 0 aliphatic carbocycles. The van der Waals surface area contributed by atoms with Crippen molar-refractivity contribution in [3.63, 3.8) is 0 Å². The van der Waals surface area contributed by atoms with Crippen LogP contribution in [0.3, 0.4) is 0 Å². The van der Waals surface area contributed by atoms with Crippen LogP contribution in [0, 0.1) is 0 Å². The number of nitrogens with one attached hydrogen (secondary N) is 1. The molecule has 0 spiro atoms. The molecule has 2 aromatic carbocycles. The highest BCUT2D eigenvalue weighted by atomic mass is 35.5. The van der Waals surface area contributed by atoms with E-state index in [9.17, 15) is 9.59 Å². The van der Waals surface area contributed by atoms with Gasteiger partial charge in [-0.3, -0.25) is 4.79 Å². The smallest absolute Gasteiger partial charge is 0.331 e. The van der Waals surface area contributed by atoms with E-state index in [4.69, 9.17) is 25.8 Å². The lowest BCUT2D eigenvalue weighted by molar-refractivity contribution is -0.142. The van der Waals surface area contributed by atoms with E-state index in [0.717, 1.165) is 6.42 Å². The van der Waals surface area contributed by atoms with E-state index < -0.39 is 11.9 Å². The second-order valence-corrected chi connectivity index (χ2v) is 6.41. The number of ether oxygens (including phenoxy) is 3. The average Bonchev–Trinajstić information content (AvgIpc) is 2.71. The third-order valence-corrected chi connectivity index (χ3v) is 4.22. The largest absolute Gasteiger partial charge is 0.491 e. The van der Waals surface area contributed by atoms with Crippen molar-refractivity contribution < 1.29 is 23.8 Å². The van der Waals surface area contributed by atoms with Crippen molar-refractivity contribution in [1.82, 2.24) is 0 Å². The SMILES string of the molecule is CCOc1cc(/C=C/C(=O)OCC(=O)Nc2ccc(CC)cc2)cc(Cl)c1OC. The van der Waals surface area contributed by atoms with E-state index in [2.05, 4.69) is 12.2 Å². The molecule has 0 radical (unpaired) electrons. The molecule has 1 amide bonds. The van der Waals surface area contributed by atoms with Crippen LogP contribution >= 0.6 is 11.6 Å². The van der Waals surface area contributed by atoms with Crippen molar-refractivity contribution in [2.75, 3.05) is 25.6 Å². The third kappa shape index (κ3) is 6.84. The predicted octanol–water partition coefficient (Wildman–Crippen LogP) is 4.50. The van der Waals surface area contributed by atoms with Gasteiger partial charge in [-0.15, -0.1) is 0 Å². The van der Waals surface area contributed by atoms with Gasteiger partial charge < -0.3 is 19.5 Å². The first-order chi connectivity index (χ1) is 14.0. The number of amides is 1. The van der Waals surface area contributed by atoms with E-state index in [-0.39, 0.29) is 6.61 Å². The minimum absolute atomic E-state index is 0.361. The topological polar surface area (TPSA) is 73.9 Å². The maximum absolute atomic E-state index is 11.9. The van der Waals surface area contributed by atoms with Crippen molar-refractivity contribution in [3.8, 4) is 11.5 Å². The van der Waals surface area contributed by atoms with Gasteiger partial charge in [-0.2, -0.15) is 0 Å². The van der Waals surface area contributed by atoms with E-state index in [1.165, 1.54) is 24.8 Å². The van der Waals surface area contributed by atoms with Gasteiger partial charge in [0.15, 0.2) is 18.1 Å². The molecule has 0 aromatic heterocycles. The number of anilines is 1. The summed E-state index contributed by atoms with van der Waals surface area (Å²) in [6.07, 6.45) is 3.67. The Hall–Kier alpha value is -2.99. The van der Waals surface area contributed by atoms with Crippen molar-refractivity contribution in [1.29, 1.82) is 0 Å². The number of halogens is 1. The Kier molecular flexibility index (Phi) is 8.55. The van der Waals surface area contributed by atoms with Crippen molar-refractivity contribution in [2.24, 2.45) is 0 Å². The summed E-state index contributed by atoms with van der Waals surface area (Å²) in [6.45, 7) is 3.96. The number of esters is 1. The van der Waals surface area contributed by atoms with Crippen molar-refractivity contribution in [2.45, 2.75) is 20.3 Å². The lowest BCUT2D eigenvalue weighted by Gasteiger charge is -2.11. The van der Waals surface area contributed by atoms with E-state index in [0.29, 0.717) is 34.4 Å². The lowest BCUT2D eigenvalue weighted by atomic mass is 10.1. The second kappa shape index (κ2) is 11.1. The first-order valence-corrected chi connectivity index (χ1v) is 9.58. The Labute approximate surface area is 175 Å². The van der Waals surface area contributed by atoms with Gasteiger partial charge >= 0.3 is 5.97 Å². The standard InChI is InChI=1S/C22H24ClNO5/c1-4-15-6-9-17(10-7-15)24-20(25)14-29-21(26)11-8-16-12-18(23)22(27-3)19(13-16)28-5-2/h6-13H,4-5,14H2,1-3H3,(H,24,25)/b11-8+. The number of methoxy groups -OCH3 is 1. The van der Waals surface area contributed by atoms with Gasteiger partial charge in [-0.05, 0) is 54.8 Å². The Morgan fingerprint density at radius 2 is 1.86 bits per heavy atom. The van der Waals surface area contributed by atoms with Crippen LogP contribution in [-0.4, -0.2) is 32.2 Å². The molecule has 2 aromatic rings. The van der Waals surface area contributed by atoms with Crippen LogP contribution in [-0.2, 0) is 20.7 Å². The predicted molar refractivity (Wildman–Crippen MR) is 114 cm³/mol. The summed E-state index contributed by atoms with van der Waals surface area (Å²) in [5.74, 6) is -0.158. The molecular weight excluding hydrogens is 394 g/mol. The van der Waals surface area contributed by atoms with Gasteiger partial charge in [-0.25, -0.2) is 4.79 Å². The Bertz CT molecular complexity index is 878. The molecule has 0 saturated heterocycles. The number of benzene rings is 2. The van der Waals surface area contributed by atoms with Gasteiger partial charge in [-0.1, -0.05) is 30.7 Å². The minimum Gasteiger partial charge on any atom is -0.491 e. The summed E-state index contributed by atoms with van der Waals surface area (Å²) in [6, 6.07) is 10.8. The molecule has 0 atom stereocenters. The summed E-state index contributed by atoms with van der Waals surface area (Å²) >= 11 is 6.18. The minimum atomic E-state index is -0.647. The fourth-order valence-electron chi connectivity index (χ4n) is 2.52. The highest BCUT2D eigenvalue weighted by Gasteiger charge is 2.11. The highest BCUT2D eigenvalue weighted by Crippen LogP contribution is 2.36. The highest BCUT2D eigenvalue weighted by molar-refractivity contribution is 6.32. The quantitative estimate of drug-likeness (QED) is 0.480. The molecule has 1 N–H and O–H groups in total. The maximum Gasteiger partial charge on any atom is 0.331 e. The van der Waals surface area contributed by atoms with Crippen LogP contribution in [0.2, 0.25) is 5.02 Å². The molecule has 0 bridgehead atoms. The van der Waals surface area contributed by atoms with Gasteiger partial charge in [0, 0.05) is 11.8 Å². The molecule has 0 heterocycles. The zero-order valence-electron chi connectivity index (χ0n) is 16.7. The van der Waals surface area contributed by atoms with Crippen LogP contribution < -0.4 is 14.8 Å². The lowest BCUT2D eigenvalue weighted by Crippen LogP contribution is -2.20. The number of hydrogen-bond donors (Lipinski definition) is 1. The number of hydrogen-bond acceptors (Lipinski definition) is 5. The molecule has 0 aliphatic heterocycles.